The second-order valence-electron chi connectivity index (χ2n) is 7.92. The van der Waals surface area contributed by atoms with Gasteiger partial charge in [-0.3, -0.25) is 9.59 Å². The second kappa shape index (κ2) is 8.19. The van der Waals surface area contributed by atoms with Crippen LogP contribution in [0, 0.1) is 11.2 Å². The molecule has 2 aliphatic rings. The molecular weight excluding hydrogens is 367 g/mol. The maximum atomic E-state index is 13.1. The van der Waals surface area contributed by atoms with Crippen LogP contribution in [0.1, 0.15) is 48.0 Å². The van der Waals surface area contributed by atoms with Crippen LogP contribution in [0.25, 0.3) is 0 Å². The number of nitrogens with one attached hydrogen (secondary N) is 1. The van der Waals surface area contributed by atoms with Crippen molar-refractivity contribution in [3.63, 3.8) is 0 Å². The van der Waals surface area contributed by atoms with E-state index in [0.29, 0.717) is 25.1 Å². The SMILES string of the molecule is O=C(NCC12CCCC=C1N(Cc1ccccc1)C(=O)CC2)c1ccc(F)cc1. The van der Waals surface area contributed by atoms with Crippen molar-refractivity contribution in [2.75, 3.05) is 6.54 Å². The van der Waals surface area contributed by atoms with E-state index >= 15 is 0 Å². The highest BCUT2D eigenvalue weighted by molar-refractivity contribution is 5.94. The molecular formula is C24H25FN2O2. The number of fused-ring (bicyclic) bond motifs is 1. The lowest BCUT2D eigenvalue weighted by atomic mass is 9.69. The first-order valence-corrected chi connectivity index (χ1v) is 10.2. The van der Waals surface area contributed by atoms with E-state index in [9.17, 15) is 14.0 Å². The van der Waals surface area contributed by atoms with Gasteiger partial charge in [0.05, 0.1) is 6.54 Å². The van der Waals surface area contributed by atoms with Gasteiger partial charge in [-0.1, -0.05) is 36.4 Å². The van der Waals surface area contributed by atoms with E-state index in [1.165, 1.54) is 24.3 Å². The summed E-state index contributed by atoms with van der Waals surface area (Å²) in [4.78, 5) is 27.2. The number of carbonyl (C=O) groups is 2. The Morgan fingerprint density at radius 2 is 1.83 bits per heavy atom. The van der Waals surface area contributed by atoms with E-state index in [1.54, 1.807) is 0 Å². The quantitative estimate of drug-likeness (QED) is 0.818. The predicted octanol–water partition coefficient (Wildman–Crippen LogP) is 4.43. The van der Waals surface area contributed by atoms with E-state index in [4.69, 9.17) is 0 Å². The third-order valence-electron chi connectivity index (χ3n) is 6.03. The third kappa shape index (κ3) is 4.09. The number of hydrogen-bond acceptors (Lipinski definition) is 2. The van der Waals surface area contributed by atoms with Crippen molar-refractivity contribution < 1.29 is 14.0 Å². The van der Waals surface area contributed by atoms with E-state index in [2.05, 4.69) is 11.4 Å². The Balaban J connectivity index is 1.53. The summed E-state index contributed by atoms with van der Waals surface area (Å²) in [6.07, 6.45) is 6.34. The van der Waals surface area contributed by atoms with E-state index in [-0.39, 0.29) is 23.0 Å². The molecule has 2 amide bonds. The fourth-order valence-electron chi connectivity index (χ4n) is 4.45. The maximum Gasteiger partial charge on any atom is 0.251 e. The molecule has 2 aromatic carbocycles. The summed E-state index contributed by atoms with van der Waals surface area (Å²) in [5, 5.41) is 3.04. The standard InChI is InChI=1S/C24H25FN2O2/c25-20-11-9-19(10-12-20)23(29)26-17-24-14-5-4-8-21(24)27(22(28)13-15-24)16-18-6-2-1-3-7-18/h1-3,6-12H,4-5,13-17H2,(H,26,29). The Morgan fingerprint density at radius 3 is 2.59 bits per heavy atom. The van der Waals surface area contributed by atoms with Gasteiger partial charge in [0.25, 0.3) is 5.91 Å². The number of piperidine rings is 1. The number of likely N-dealkylation sites (tertiary alicyclic amines) is 1. The fraction of sp³-hybridized carbons (Fsp3) is 0.333. The number of allylic oxidation sites excluding steroid dienone is 1. The molecule has 0 saturated carbocycles. The molecule has 0 radical (unpaired) electrons. The Morgan fingerprint density at radius 1 is 1.07 bits per heavy atom. The Labute approximate surface area is 170 Å². The lowest BCUT2D eigenvalue weighted by molar-refractivity contribution is -0.134. The topological polar surface area (TPSA) is 49.4 Å². The largest absolute Gasteiger partial charge is 0.351 e. The molecule has 150 valence electrons. The highest BCUT2D eigenvalue weighted by atomic mass is 19.1. The van der Waals surface area contributed by atoms with Gasteiger partial charge in [-0.2, -0.15) is 0 Å². The van der Waals surface area contributed by atoms with Crippen molar-refractivity contribution in [3.8, 4) is 0 Å². The van der Waals surface area contributed by atoms with Crippen molar-refractivity contribution in [2.45, 2.75) is 38.6 Å². The van der Waals surface area contributed by atoms with Crippen LogP contribution in [0.4, 0.5) is 4.39 Å². The van der Waals surface area contributed by atoms with Crippen molar-refractivity contribution in [2.24, 2.45) is 5.41 Å². The number of benzene rings is 2. The highest BCUT2D eigenvalue weighted by Crippen LogP contribution is 2.46. The first kappa shape index (κ1) is 19.4. The molecule has 1 fully saturated rings. The zero-order valence-corrected chi connectivity index (χ0v) is 16.4. The average molecular weight is 392 g/mol. The minimum Gasteiger partial charge on any atom is -0.351 e. The molecule has 4 nitrogen and oxygen atoms in total. The molecule has 1 N–H and O–H groups in total. The lowest BCUT2D eigenvalue weighted by Crippen LogP contribution is -2.50. The number of amides is 2. The van der Waals surface area contributed by atoms with Gasteiger partial charge in [-0.05, 0) is 55.5 Å². The van der Waals surface area contributed by atoms with E-state index in [1.807, 2.05) is 35.2 Å². The van der Waals surface area contributed by atoms with Gasteiger partial charge in [-0.15, -0.1) is 0 Å². The summed E-state index contributed by atoms with van der Waals surface area (Å²) in [5.74, 6) is -0.432. The smallest absolute Gasteiger partial charge is 0.251 e. The number of nitrogens with zero attached hydrogens (tertiary/aromatic N) is 1. The lowest BCUT2D eigenvalue weighted by Gasteiger charge is -2.47. The molecule has 1 heterocycles. The fourth-order valence-corrected chi connectivity index (χ4v) is 4.45. The first-order chi connectivity index (χ1) is 14.1. The number of hydrogen-bond donors (Lipinski definition) is 1. The van der Waals surface area contributed by atoms with Crippen LogP contribution in [0.15, 0.2) is 66.4 Å². The summed E-state index contributed by atoms with van der Waals surface area (Å²) < 4.78 is 13.1. The van der Waals surface area contributed by atoms with Crippen molar-refractivity contribution >= 4 is 11.8 Å². The zero-order chi connectivity index (χ0) is 20.3. The van der Waals surface area contributed by atoms with Gasteiger partial charge in [0.1, 0.15) is 5.82 Å². The van der Waals surface area contributed by atoms with Crippen LogP contribution in [-0.4, -0.2) is 23.3 Å². The van der Waals surface area contributed by atoms with Gasteiger partial charge in [0.2, 0.25) is 5.91 Å². The molecule has 4 rings (SSSR count). The van der Waals surface area contributed by atoms with Gasteiger partial charge in [-0.25, -0.2) is 4.39 Å². The molecule has 1 saturated heterocycles. The second-order valence-corrected chi connectivity index (χ2v) is 7.92. The normalized spacial score (nSPS) is 21.3. The number of carbonyl (C=O) groups excluding carboxylic acids is 2. The van der Waals surface area contributed by atoms with Crippen LogP contribution < -0.4 is 5.32 Å². The van der Waals surface area contributed by atoms with Crippen LogP contribution in [-0.2, 0) is 11.3 Å². The van der Waals surface area contributed by atoms with Gasteiger partial charge < -0.3 is 10.2 Å². The van der Waals surface area contributed by atoms with Crippen LogP contribution in [0.5, 0.6) is 0 Å². The molecule has 0 aromatic heterocycles. The minimum atomic E-state index is -0.361. The molecule has 5 heteroatoms. The van der Waals surface area contributed by atoms with Gasteiger partial charge >= 0.3 is 0 Å². The summed E-state index contributed by atoms with van der Waals surface area (Å²) in [5.41, 5.74) is 2.36. The predicted molar refractivity (Wildman–Crippen MR) is 109 cm³/mol. The Hall–Kier alpha value is -2.95. The van der Waals surface area contributed by atoms with Crippen LogP contribution in [0.2, 0.25) is 0 Å². The molecule has 1 atom stereocenters. The molecule has 0 bridgehead atoms. The third-order valence-corrected chi connectivity index (χ3v) is 6.03. The van der Waals surface area contributed by atoms with Crippen LogP contribution >= 0.6 is 0 Å². The van der Waals surface area contributed by atoms with Crippen molar-refractivity contribution in [1.29, 1.82) is 0 Å². The Bertz CT molecular complexity index is 924. The zero-order valence-electron chi connectivity index (χ0n) is 16.4. The number of halogens is 1. The minimum absolute atomic E-state index is 0.141. The average Bonchev–Trinajstić information content (AvgIpc) is 2.75. The van der Waals surface area contributed by atoms with Crippen LogP contribution in [0.3, 0.4) is 0 Å². The molecule has 1 aliphatic carbocycles. The number of rotatable bonds is 5. The summed E-state index contributed by atoms with van der Waals surface area (Å²) in [6.45, 7) is 1.03. The molecule has 1 aliphatic heterocycles. The maximum absolute atomic E-state index is 13.1. The monoisotopic (exact) mass is 392 g/mol. The molecule has 2 aromatic rings. The van der Waals surface area contributed by atoms with Crippen molar-refractivity contribution in [3.05, 3.63) is 83.3 Å². The summed E-state index contributed by atoms with van der Waals surface area (Å²) >= 11 is 0. The molecule has 0 spiro atoms. The summed E-state index contributed by atoms with van der Waals surface area (Å²) in [6, 6.07) is 15.6. The first-order valence-electron chi connectivity index (χ1n) is 10.2. The molecule has 1 unspecified atom stereocenters. The summed E-state index contributed by atoms with van der Waals surface area (Å²) in [7, 11) is 0. The van der Waals surface area contributed by atoms with Gasteiger partial charge in [0, 0.05) is 29.6 Å². The Kier molecular flexibility index (Phi) is 5.47. The highest BCUT2D eigenvalue weighted by Gasteiger charge is 2.44. The van der Waals surface area contributed by atoms with Crippen molar-refractivity contribution in [1.82, 2.24) is 10.2 Å². The van der Waals surface area contributed by atoms with E-state index in [0.717, 1.165) is 36.9 Å². The van der Waals surface area contributed by atoms with E-state index < -0.39 is 0 Å². The van der Waals surface area contributed by atoms with Gasteiger partial charge in [0.15, 0.2) is 0 Å². The molecule has 29 heavy (non-hydrogen) atoms.